The molecule has 5 heteroatoms. The number of anilines is 1. The summed E-state index contributed by atoms with van der Waals surface area (Å²) < 4.78 is 1.81. The summed E-state index contributed by atoms with van der Waals surface area (Å²) in [7, 11) is 1.90. The highest BCUT2D eigenvalue weighted by Gasteiger charge is 2.17. The van der Waals surface area contributed by atoms with Gasteiger partial charge < -0.3 is 10.6 Å². The number of aryl methyl sites for hydroxylation is 1. The van der Waals surface area contributed by atoms with Crippen molar-refractivity contribution in [1.82, 2.24) is 15.1 Å². The largest absolute Gasteiger partial charge is 0.385 e. The zero-order valence-corrected chi connectivity index (χ0v) is 13.0. The van der Waals surface area contributed by atoms with Gasteiger partial charge in [-0.2, -0.15) is 5.10 Å². The lowest BCUT2D eigenvalue weighted by atomic mass is 10.1. The lowest BCUT2D eigenvalue weighted by Crippen LogP contribution is -2.27. The Morgan fingerprint density at radius 1 is 1.38 bits per heavy atom. The molecule has 5 nitrogen and oxygen atoms in total. The van der Waals surface area contributed by atoms with E-state index in [1.807, 2.05) is 56.8 Å². The van der Waals surface area contributed by atoms with Crippen LogP contribution in [0.2, 0.25) is 0 Å². The molecule has 1 heterocycles. The number of carbonyl (C=O) groups excluding carboxylic acids is 1. The minimum Gasteiger partial charge on any atom is -0.385 e. The molecule has 2 rings (SSSR count). The molecule has 0 aliphatic rings. The van der Waals surface area contributed by atoms with E-state index in [2.05, 4.69) is 15.7 Å². The third-order valence-electron chi connectivity index (χ3n) is 3.63. The van der Waals surface area contributed by atoms with Gasteiger partial charge in [0.2, 0.25) is 0 Å². The summed E-state index contributed by atoms with van der Waals surface area (Å²) in [5.74, 6) is -0.0812. The minimum absolute atomic E-state index is 0.0812. The maximum absolute atomic E-state index is 12.5. The first-order chi connectivity index (χ1) is 10.0. The topological polar surface area (TPSA) is 59.0 Å². The maximum atomic E-state index is 12.5. The van der Waals surface area contributed by atoms with Crippen LogP contribution in [0, 0.1) is 6.92 Å². The number of amides is 1. The number of rotatable bonds is 5. The molecule has 0 bridgehead atoms. The second kappa shape index (κ2) is 6.43. The first-order valence-electron chi connectivity index (χ1n) is 7.16. The molecule has 1 aromatic carbocycles. The average Bonchev–Trinajstić information content (AvgIpc) is 2.80. The van der Waals surface area contributed by atoms with Crippen molar-refractivity contribution in [3.63, 3.8) is 0 Å². The van der Waals surface area contributed by atoms with Crippen LogP contribution in [0.4, 0.5) is 5.69 Å². The molecule has 0 aliphatic carbocycles. The summed E-state index contributed by atoms with van der Waals surface area (Å²) >= 11 is 0. The Morgan fingerprint density at radius 3 is 2.71 bits per heavy atom. The van der Waals surface area contributed by atoms with Crippen LogP contribution in [0.5, 0.6) is 0 Å². The number of para-hydroxylation sites is 1. The van der Waals surface area contributed by atoms with Gasteiger partial charge in [0.15, 0.2) is 0 Å². The summed E-state index contributed by atoms with van der Waals surface area (Å²) in [6, 6.07) is 7.45. The van der Waals surface area contributed by atoms with E-state index in [-0.39, 0.29) is 11.9 Å². The molecular weight excluding hydrogens is 264 g/mol. The van der Waals surface area contributed by atoms with E-state index in [0.717, 1.165) is 23.5 Å². The van der Waals surface area contributed by atoms with Crippen molar-refractivity contribution >= 4 is 11.6 Å². The Kier molecular flexibility index (Phi) is 4.62. The lowest BCUT2D eigenvalue weighted by Gasteiger charge is -2.16. The second-order valence-electron chi connectivity index (χ2n) is 5.08. The van der Waals surface area contributed by atoms with Gasteiger partial charge in [0.25, 0.3) is 5.91 Å². The summed E-state index contributed by atoms with van der Waals surface area (Å²) in [5.41, 5.74) is 3.61. The van der Waals surface area contributed by atoms with Crippen LogP contribution in [-0.4, -0.2) is 22.2 Å². The standard InChI is InChI=1S/C16H22N4O/c1-5-17-15-9-7-6-8-13(15)16(21)19-11(2)14-10-18-20(4)12(14)3/h6-11,17H,5H2,1-4H3,(H,19,21). The molecule has 0 saturated carbocycles. The molecule has 0 spiro atoms. The Bertz CT molecular complexity index is 633. The first-order valence-corrected chi connectivity index (χ1v) is 7.16. The van der Waals surface area contributed by atoms with Crippen molar-refractivity contribution in [2.75, 3.05) is 11.9 Å². The van der Waals surface area contributed by atoms with E-state index in [9.17, 15) is 4.79 Å². The summed E-state index contributed by atoms with van der Waals surface area (Å²) in [6.45, 7) is 6.76. The lowest BCUT2D eigenvalue weighted by molar-refractivity contribution is 0.0940. The molecule has 1 aromatic heterocycles. The fourth-order valence-corrected chi connectivity index (χ4v) is 2.32. The zero-order chi connectivity index (χ0) is 15.4. The van der Waals surface area contributed by atoms with Gasteiger partial charge in [0, 0.05) is 30.5 Å². The number of aromatic nitrogens is 2. The van der Waals surface area contributed by atoms with Crippen molar-refractivity contribution in [3.05, 3.63) is 47.3 Å². The van der Waals surface area contributed by atoms with Gasteiger partial charge in [-0.15, -0.1) is 0 Å². The van der Waals surface area contributed by atoms with Crippen molar-refractivity contribution in [3.8, 4) is 0 Å². The summed E-state index contributed by atoms with van der Waals surface area (Å²) in [6.07, 6.45) is 1.80. The molecule has 0 aliphatic heterocycles. The Hall–Kier alpha value is -2.30. The van der Waals surface area contributed by atoms with Gasteiger partial charge in [0.05, 0.1) is 17.8 Å². The van der Waals surface area contributed by atoms with Gasteiger partial charge in [-0.05, 0) is 32.9 Å². The van der Waals surface area contributed by atoms with Crippen LogP contribution < -0.4 is 10.6 Å². The molecule has 0 radical (unpaired) electrons. The van der Waals surface area contributed by atoms with Crippen molar-refractivity contribution in [2.45, 2.75) is 26.8 Å². The molecule has 112 valence electrons. The second-order valence-corrected chi connectivity index (χ2v) is 5.08. The fourth-order valence-electron chi connectivity index (χ4n) is 2.32. The van der Waals surface area contributed by atoms with E-state index in [1.165, 1.54) is 0 Å². The molecule has 0 fully saturated rings. The van der Waals surface area contributed by atoms with Crippen LogP contribution in [0.25, 0.3) is 0 Å². The van der Waals surface area contributed by atoms with Crippen LogP contribution in [0.3, 0.4) is 0 Å². The van der Waals surface area contributed by atoms with Gasteiger partial charge in [-0.25, -0.2) is 0 Å². The van der Waals surface area contributed by atoms with Gasteiger partial charge in [-0.3, -0.25) is 9.48 Å². The predicted molar refractivity (Wildman–Crippen MR) is 84.4 cm³/mol. The highest BCUT2D eigenvalue weighted by Crippen LogP contribution is 2.19. The first kappa shape index (κ1) is 15.1. The van der Waals surface area contributed by atoms with Gasteiger partial charge in [0.1, 0.15) is 0 Å². The number of benzene rings is 1. The van der Waals surface area contributed by atoms with Crippen molar-refractivity contribution < 1.29 is 4.79 Å². The third kappa shape index (κ3) is 3.24. The molecule has 1 amide bonds. The molecule has 1 atom stereocenters. The van der Waals surface area contributed by atoms with Crippen LogP contribution >= 0.6 is 0 Å². The number of nitrogens with one attached hydrogen (secondary N) is 2. The fraction of sp³-hybridized carbons (Fsp3) is 0.375. The molecule has 21 heavy (non-hydrogen) atoms. The predicted octanol–water partition coefficient (Wildman–Crippen LogP) is 2.65. The highest BCUT2D eigenvalue weighted by molar-refractivity contribution is 5.99. The molecule has 0 saturated heterocycles. The minimum atomic E-state index is -0.0825. The van der Waals surface area contributed by atoms with E-state index in [4.69, 9.17) is 0 Å². The monoisotopic (exact) mass is 286 g/mol. The molecule has 2 N–H and O–H groups in total. The molecule has 2 aromatic rings. The normalized spacial score (nSPS) is 12.0. The van der Waals surface area contributed by atoms with Crippen molar-refractivity contribution in [2.24, 2.45) is 7.05 Å². The van der Waals surface area contributed by atoms with E-state index < -0.39 is 0 Å². The molecule has 1 unspecified atom stereocenters. The Morgan fingerprint density at radius 2 is 2.10 bits per heavy atom. The van der Waals surface area contributed by atoms with Crippen LogP contribution in [0.1, 0.15) is 41.5 Å². The average molecular weight is 286 g/mol. The number of carbonyl (C=O) groups is 1. The van der Waals surface area contributed by atoms with Crippen LogP contribution in [0.15, 0.2) is 30.5 Å². The Balaban J connectivity index is 2.16. The smallest absolute Gasteiger partial charge is 0.253 e. The van der Waals surface area contributed by atoms with E-state index in [0.29, 0.717) is 5.56 Å². The molecular formula is C16H22N4O. The van der Waals surface area contributed by atoms with Gasteiger partial charge >= 0.3 is 0 Å². The summed E-state index contributed by atoms with van der Waals surface area (Å²) in [5, 5.41) is 10.5. The quantitative estimate of drug-likeness (QED) is 0.888. The maximum Gasteiger partial charge on any atom is 0.253 e. The highest BCUT2D eigenvalue weighted by atomic mass is 16.1. The zero-order valence-electron chi connectivity index (χ0n) is 13.0. The third-order valence-corrected chi connectivity index (χ3v) is 3.63. The van der Waals surface area contributed by atoms with Gasteiger partial charge in [-0.1, -0.05) is 12.1 Å². The number of hydrogen-bond donors (Lipinski definition) is 2. The summed E-state index contributed by atoms with van der Waals surface area (Å²) in [4.78, 5) is 12.5. The Labute approximate surface area is 125 Å². The van der Waals surface area contributed by atoms with E-state index in [1.54, 1.807) is 6.20 Å². The SMILES string of the molecule is CCNc1ccccc1C(=O)NC(C)c1cnn(C)c1C. The number of hydrogen-bond acceptors (Lipinski definition) is 3. The van der Waals surface area contributed by atoms with Crippen LogP contribution in [-0.2, 0) is 7.05 Å². The van der Waals surface area contributed by atoms with Crippen molar-refractivity contribution in [1.29, 1.82) is 0 Å². The van der Waals surface area contributed by atoms with E-state index >= 15 is 0 Å². The number of nitrogens with zero attached hydrogens (tertiary/aromatic N) is 2.